The number of aromatic nitrogens is 2. The van der Waals surface area contributed by atoms with Gasteiger partial charge in [0.1, 0.15) is 0 Å². The molecule has 0 radical (unpaired) electrons. The lowest BCUT2D eigenvalue weighted by atomic mass is 9.97. The van der Waals surface area contributed by atoms with E-state index >= 15 is 0 Å². The Morgan fingerprint density at radius 1 is 1.41 bits per heavy atom. The molecular formula is C16H21N3O2S. The van der Waals surface area contributed by atoms with E-state index in [-0.39, 0.29) is 17.7 Å². The summed E-state index contributed by atoms with van der Waals surface area (Å²) >= 11 is 1.65. The van der Waals surface area contributed by atoms with Crippen molar-refractivity contribution in [3.63, 3.8) is 0 Å². The zero-order valence-electron chi connectivity index (χ0n) is 13.2. The van der Waals surface area contributed by atoms with Crippen molar-refractivity contribution in [3.05, 3.63) is 22.9 Å². The molecule has 0 aliphatic carbocycles. The van der Waals surface area contributed by atoms with Crippen LogP contribution in [0.5, 0.6) is 0 Å². The number of carbonyl (C=O) groups is 1. The minimum absolute atomic E-state index is 0.0334. The summed E-state index contributed by atoms with van der Waals surface area (Å²) in [6.07, 6.45) is 1.98. The molecule has 1 unspecified atom stereocenters. The SMILES string of the molecule is Cc1ccc(-c2nnc(C3CCCN(C(=O)C(C)C)C3)o2)s1. The van der Waals surface area contributed by atoms with Crippen LogP contribution < -0.4 is 0 Å². The zero-order valence-corrected chi connectivity index (χ0v) is 14.0. The Hall–Kier alpha value is -1.69. The third-order valence-electron chi connectivity index (χ3n) is 3.97. The molecule has 118 valence electrons. The van der Waals surface area contributed by atoms with E-state index in [1.54, 1.807) is 11.3 Å². The number of carbonyl (C=O) groups excluding carboxylic acids is 1. The van der Waals surface area contributed by atoms with E-state index in [4.69, 9.17) is 4.42 Å². The largest absolute Gasteiger partial charge is 0.420 e. The van der Waals surface area contributed by atoms with Crippen molar-refractivity contribution < 1.29 is 9.21 Å². The maximum atomic E-state index is 12.2. The maximum absolute atomic E-state index is 12.2. The quantitative estimate of drug-likeness (QED) is 0.869. The summed E-state index contributed by atoms with van der Waals surface area (Å²) < 4.78 is 5.86. The van der Waals surface area contributed by atoms with Gasteiger partial charge >= 0.3 is 0 Å². The van der Waals surface area contributed by atoms with E-state index < -0.39 is 0 Å². The van der Waals surface area contributed by atoms with Gasteiger partial charge in [-0.3, -0.25) is 4.79 Å². The van der Waals surface area contributed by atoms with Gasteiger partial charge in [0.05, 0.1) is 10.8 Å². The van der Waals surface area contributed by atoms with Crippen LogP contribution in [0.1, 0.15) is 43.4 Å². The molecule has 3 heterocycles. The monoisotopic (exact) mass is 319 g/mol. The first-order chi connectivity index (χ1) is 10.5. The highest BCUT2D eigenvalue weighted by atomic mass is 32.1. The maximum Gasteiger partial charge on any atom is 0.257 e. The number of amides is 1. The van der Waals surface area contributed by atoms with Gasteiger partial charge < -0.3 is 9.32 Å². The Balaban J connectivity index is 1.74. The molecule has 0 bridgehead atoms. The fourth-order valence-electron chi connectivity index (χ4n) is 2.79. The molecule has 1 fully saturated rings. The minimum atomic E-state index is 0.0334. The summed E-state index contributed by atoms with van der Waals surface area (Å²) in [4.78, 5) is 16.3. The number of hydrogen-bond donors (Lipinski definition) is 0. The minimum Gasteiger partial charge on any atom is -0.420 e. The van der Waals surface area contributed by atoms with Gasteiger partial charge in [0.15, 0.2) is 0 Å². The lowest BCUT2D eigenvalue weighted by Crippen LogP contribution is -2.41. The Labute approximate surface area is 134 Å². The Bertz CT molecular complexity index is 662. The van der Waals surface area contributed by atoms with Gasteiger partial charge in [-0.15, -0.1) is 21.5 Å². The van der Waals surface area contributed by atoms with E-state index in [1.165, 1.54) is 4.88 Å². The standard InChI is InChI=1S/C16H21N3O2S/c1-10(2)16(20)19-8-4-5-12(9-19)14-17-18-15(21-14)13-7-6-11(3)22-13/h6-7,10,12H,4-5,8-9H2,1-3H3. The van der Waals surface area contributed by atoms with Crippen LogP contribution >= 0.6 is 11.3 Å². The van der Waals surface area contributed by atoms with Crippen LogP contribution in [0, 0.1) is 12.8 Å². The van der Waals surface area contributed by atoms with Crippen molar-refractivity contribution in [2.75, 3.05) is 13.1 Å². The number of hydrogen-bond acceptors (Lipinski definition) is 5. The lowest BCUT2D eigenvalue weighted by Gasteiger charge is -2.32. The van der Waals surface area contributed by atoms with Crippen LogP contribution in [0.15, 0.2) is 16.5 Å². The average molecular weight is 319 g/mol. The van der Waals surface area contributed by atoms with Crippen LogP contribution in [-0.4, -0.2) is 34.1 Å². The van der Waals surface area contributed by atoms with Gasteiger partial charge in [0.25, 0.3) is 5.89 Å². The summed E-state index contributed by atoms with van der Waals surface area (Å²) in [7, 11) is 0. The molecule has 3 rings (SSSR count). The normalized spacial score (nSPS) is 18.9. The number of thiophene rings is 1. The average Bonchev–Trinajstić information content (AvgIpc) is 3.15. The van der Waals surface area contributed by atoms with Gasteiger partial charge in [-0.2, -0.15) is 0 Å². The molecule has 0 saturated carbocycles. The first-order valence-corrected chi connectivity index (χ1v) is 8.55. The number of aryl methyl sites for hydroxylation is 1. The predicted octanol–water partition coefficient (Wildman–Crippen LogP) is 3.47. The van der Waals surface area contributed by atoms with Gasteiger partial charge in [-0.1, -0.05) is 13.8 Å². The topological polar surface area (TPSA) is 59.2 Å². The highest BCUT2D eigenvalue weighted by molar-refractivity contribution is 7.15. The lowest BCUT2D eigenvalue weighted by molar-refractivity contribution is -0.135. The number of rotatable bonds is 3. The Morgan fingerprint density at radius 3 is 2.91 bits per heavy atom. The first-order valence-electron chi connectivity index (χ1n) is 7.73. The summed E-state index contributed by atoms with van der Waals surface area (Å²) in [5.41, 5.74) is 0. The van der Waals surface area contributed by atoms with Crippen molar-refractivity contribution in [2.24, 2.45) is 5.92 Å². The van der Waals surface area contributed by atoms with E-state index in [1.807, 2.05) is 30.9 Å². The molecule has 1 aliphatic heterocycles. The molecule has 1 aliphatic rings. The van der Waals surface area contributed by atoms with E-state index in [0.717, 1.165) is 24.3 Å². The summed E-state index contributed by atoms with van der Waals surface area (Å²) in [6.45, 7) is 7.45. The summed E-state index contributed by atoms with van der Waals surface area (Å²) in [5, 5.41) is 8.39. The predicted molar refractivity (Wildman–Crippen MR) is 85.7 cm³/mol. The highest BCUT2D eigenvalue weighted by Crippen LogP contribution is 2.31. The van der Waals surface area contributed by atoms with Crippen molar-refractivity contribution in [1.29, 1.82) is 0 Å². The van der Waals surface area contributed by atoms with Crippen molar-refractivity contribution in [1.82, 2.24) is 15.1 Å². The smallest absolute Gasteiger partial charge is 0.257 e. The number of likely N-dealkylation sites (tertiary alicyclic amines) is 1. The molecule has 5 nitrogen and oxygen atoms in total. The molecule has 2 aromatic rings. The van der Waals surface area contributed by atoms with E-state index in [0.29, 0.717) is 18.3 Å². The van der Waals surface area contributed by atoms with Crippen molar-refractivity contribution in [2.45, 2.75) is 39.5 Å². The third kappa shape index (κ3) is 3.06. The first kappa shape index (κ1) is 15.2. The Morgan fingerprint density at radius 2 is 2.23 bits per heavy atom. The number of nitrogens with zero attached hydrogens (tertiary/aromatic N) is 3. The molecule has 0 aromatic carbocycles. The highest BCUT2D eigenvalue weighted by Gasteiger charge is 2.29. The second kappa shape index (κ2) is 6.20. The molecule has 0 spiro atoms. The molecular weight excluding hydrogens is 298 g/mol. The molecule has 0 N–H and O–H groups in total. The second-order valence-corrected chi connectivity index (χ2v) is 7.42. The second-order valence-electron chi connectivity index (χ2n) is 6.13. The summed E-state index contributed by atoms with van der Waals surface area (Å²) in [6, 6.07) is 4.06. The number of piperidine rings is 1. The van der Waals surface area contributed by atoms with Crippen LogP contribution in [0.3, 0.4) is 0 Å². The van der Waals surface area contributed by atoms with Crippen LogP contribution in [0.2, 0.25) is 0 Å². The fourth-order valence-corrected chi connectivity index (χ4v) is 3.58. The van der Waals surface area contributed by atoms with E-state index in [2.05, 4.69) is 17.1 Å². The molecule has 2 aromatic heterocycles. The van der Waals surface area contributed by atoms with Crippen LogP contribution in [0.25, 0.3) is 10.8 Å². The van der Waals surface area contributed by atoms with Gasteiger partial charge in [-0.05, 0) is 31.9 Å². The molecule has 1 saturated heterocycles. The molecule has 6 heteroatoms. The van der Waals surface area contributed by atoms with Crippen molar-refractivity contribution >= 4 is 17.2 Å². The van der Waals surface area contributed by atoms with Gasteiger partial charge in [-0.25, -0.2) is 0 Å². The third-order valence-corrected chi connectivity index (χ3v) is 4.96. The molecule has 1 amide bonds. The van der Waals surface area contributed by atoms with Gasteiger partial charge in [0.2, 0.25) is 11.8 Å². The van der Waals surface area contributed by atoms with E-state index in [9.17, 15) is 4.79 Å². The van der Waals surface area contributed by atoms with Crippen LogP contribution in [-0.2, 0) is 4.79 Å². The summed E-state index contributed by atoms with van der Waals surface area (Å²) in [5.74, 6) is 1.63. The van der Waals surface area contributed by atoms with Gasteiger partial charge in [0, 0.05) is 23.9 Å². The zero-order chi connectivity index (χ0) is 15.7. The van der Waals surface area contributed by atoms with Crippen LogP contribution in [0.4, 0.5) is 0 Å². The Kier molecular flexibility index (Phi) is 4.29. The van der Waals surface area contributed by atoms with Crippen molar-refractivity contribution in [3.8, 4) is 10.8 Å². The molecule has 22 heavy (non-hydrogen) atoms. The fraction of sp³-hybridized carbons (Fsp3) is 0.562. The molecule has 1 atom stereocenters.